The van der Waals surface area contributed by atoms with Gasteiger partial charge in [-0.1, -0.05) is 19.8 Å². The number of piperidine rings is 2. The molecule has 0 spiro atoms. The summed E-state index contributed by atoms with van der Waals surface area (Å²) >= 11 is 0. The Hall–Kier alpha value is -1.10. The number of hydrogen-bond donors (Lipinski definition) is 1. The van der Waals surface area contributed by atoms with Crippen LogP contribution in [-0.4, -0.2) is 60.9 Å². The predicted octanol–water partition coefficient (Wildman–Crippen LogP) is 2.26. The number of nitrogens with zero attached hydrogens (tertiary/aromatic N) is 2. The van der Waals surface area contributed by atoms with Crippen LogP contribution in [0.4, 0.5) is 0 Å². The summed E-state index contributed by atoms with van der Waals surface area (Å²) in [6, 6.07) is 0. The first-order chi connectivity index (χ1) is 12.6. The molecule has 26 heavy (non-hydrogen) atoms. The van der Waals surface area contributed by atoms with Crippen molar-refractivity contribution in [3.63, 3.8) is 0 Å². The van der Waals surface area contributed by atoms with Crippen LogP contribution < -0.4 is 5.32 Å². The summed E-state index contributed by atoms with van der Waals surface area (Å²) in [5, 5.41) is 3.49. The highest BCUT2D eigenvalue weighted by atomic mass is 16.2. The monoisotopic (exact) mass is 361 g/mol. The highest BCUT2D eigenvalue weighted by Gasteiger charge is 2.51. The Labute approximate surface area is 157 Å². The van der Waals surface area contributed by atoms with E-state index in [1.54, 1.807) is 0 Å². The standard InChI is InChI=1S/C21H35N3O2/c1-16-5-10-23(11-6-16)19(25)17-7-12-24(13-8-17)20(26)21-9-3-2-4-18(21)14-22-15-21/h16-18,22H,2-15H2,1H3/t18-,21+/m0/s1. The molecule has 0 bridgehead atoms. The average molecular weight is 362 g/mol. The lowest BCUT2D eigenvalue weighted by Crippen LogP contribution is -2.53. The number of nitrogens with one attached hydrogen (secondary N) is 1. The summed E-state index contributed by atoms with van der Waals surface area (Å²) in [6.45, 7) is 7.55. The summed E-state index contributed by atoms with van der Waals surface area (Å²) < 4.78 is 0. The number of fused-ring (bicyclic) bond motifs is 1. The zero-order chi connectivity index (χ0) is 18.1. The van der Waals surface area contributed by atoms with E-state index in [0.29, 0.717) is 17.7 Å². The second kappa shape index (κ2) is 7.49. The van der Waals surface area contributed by atoms with Gasteiger partial charge < -0.3 is 15.1 Å². The molecule has 1 N–H and O–H groups in total. The molecule has 0 aromatic heterocycles. The molecule has 5 heteroatoms. The fourth-order valence-corrected chi connectivity index (χ4v) is 5.80. The van der Waals surface area contributed by atoms with E-state index in [1.807, 2.05) is 0 Å². The van der Waals surface area contributed by atoms with Gasteiger partial charge in [0.15, 0.2) is 0 Å². The number of likely N-dealkylation sites (tertiary alicyclic amines) is 2. The largest absolute Gasteiger partial charge is 0.342 e. The molecule has 4 rings (SSSR count). The van der Waals surface area contributed by atoms with E-state index >= 15 is 0 Å². The number of hydrogen-bond acceptors (Lipinski definition) is 3. The van der Waals surface area contributed by atoms with Crippen LogP contribution in [0.5, 0.6) is 0 Å². The molecule has 0 aromatic carbocycles. The molecule has 1 saturated carbocycles. The van der Waals surface area contributed by atoms with Gasteiger partial charge in [0.25, 0.3) is 0 Å². The molecule has 3 aliphatic heterocycles. The molecule has 0 radical (unpaired) electrons. The molecule has 1 aliphatic carbocycles. The second-order valence-electron chi connectivity index (χ2n) is 9.30. The lowest BCUT2D eigenvalue weighted by atomic mass is 9.67. The first-order valence-corrected chi connectivity index (χ1v) is 10.9. The van der Waals surface area contributed by atoms with Crippen molar-refractivity contribution < 1.29 is 9.59 Å². The molecular formula is C21H35N3O2. The van der Waals surface area contributed by atoms with Gasteiger partial charge in [-0.15, -0.1) is 0 Å². The Balaban J connectivity index is 1.33. The maximum Gasteiger partial charge on any atom is 0.230 e. The van der Waals surface area contributed by atoms with Crippen molar-refractivity contribution in [2.24, 2.45) is 23.2 Å². The number of amides is 2. The molecule has 0 aromatic rings. The van der Waals surface area contributed by atoms with Crippen molar-refractivity contribution in [1.29, 1.82) is 0 Å². The van der Waals surface area contributed by atoms with Crippen LogP contribution in [0.2, 0.25) is 0 Å². The van der Waals surface area contributed by atoms with Crippen molar-refractivity contribution in [2.75, 3.05) is 39.3 Å². The minimum Gasteiger partial charge on any atom is -0.342 e. The van der Waals surface area contributed by atoms with Gasteiger partial charge in [-0.25, -0.2) is 0 Å². The lowest BCUT2D eigenvalue weighted by Gasteiger charge is -2.43. The summed E-state index contributed by atoms with van der Waals surface area (Å²) in [5.74, 6) is 2.14. The maximum atomic E-state index is 13.4. The molecule has 3 heterocycles. The first kappa shape index (κ1) is 18.3. The summed E-state index contributed by atoms with van der Waals surface area (Å²) in [7, 11) is 0. The van der Waals surface area contributed by atoms with Crippen LogP contribution in [0.1, 0.15) is 58.3 Å². The van der Waals surface area contributed by atoms with Crippen molar-refractivity contribution in [1.82, 2.24) is 15.1 Å². The Bertz CT molecular complexity index is 535. The number of carbonyl (C=O) groups is 2. The summed E-state index contributed by atoms with van der Waals surface area (Å²) in [4.78, 5) is 30.4. The van der Waals surface area contributed by atoms with E-state index in [2.05, 4.69) is 22.0 Å². The molecule has 5 nitrogen and oxygen atoms in total. The maximum absolute atomic E-state index is 13.4. The first-order valence-electron chi connectivity index (χ1n) is 10.9. The predicted molar refractivity (Wildman–Crippen MR) is 102 cm³/mol. The Morgan fingerprint density at radius 1 is 0.923 bits per heavy atom. The van der Waals surface area contributed by atoms with Gasteiger partial charge in [-0.3, -0.25) is 9.59 Å². The SMILES string of the molecule is CC1CCN(C(=O)C2CCN(C(=O)[C@@]34CCCC[C@H]3CNC4)CC2)CC1. The molecule has 4 fully saturated rings. The third-order valence-electron chi connectivity index (χ3n) is 7.69. The van der Waals surface area contributed by atoms with E-state index < -0.39 is 0 Å². The van der Waals surface area contributed by atoms with E-state index in [1.165, 1.54) is 19.3 Å². The van der Waals surface area contributed by atoms with Crippen LogP contribution in [0, 0.1) is 23.2 Å². The molecule has 146 valence electrons. The zero-order valence-corrected chi connectivity index (χ0v) is 16.3. The van der Waals surface area contributed by atoms with Crippen LogP contribution in [0.15, 0.2) is 0 Å². The molecule has 3 saturated heterocycles. The third kappa shape index (κ3) is 3.28. The minimum absolute atomic E-state index is 0.133. The van der Waals surface area contributed by atoms with Crippen molar-refractivity contribution in [2.45, 2.75) is 58.3 Å². The molecular weight excluding hydrogens is 326 g/mol. The fraction of sp³-hybridized carbons (Fsp3) is 0.905. The Morgan fingerprint density at radius 3 is 2.35 bits per heavy atom. The normalized spacial score (nSPS) is 34.0. The van der Waals surface area contributed by atoms with Gasteiger partial charge in [0.1, 0.15) is 0 Å². The fourth-order valence-electron chi connectivity index (χ4n) is 5.80. The van der Waals surface area contributed by atoms with E-state index in [4.69, 9.17) is 0 Å². The van der Waals surface area contributed by atoms with Gasteiger partial charge in [-0.05, 0) is 56.9 Å². The highest BCUT2D eigenvalue weighted by Crippen LogP contribution is 2.45. The summed E-state index contributed by atoms with van der Waals surface area (Å²) in [5.41, 5.74) is -0.141. The third-order valence-corrected chi connectivity index (χ3v) is 7.69. The average Bonchev–Trinajstić information content (AvgIpc) is 3.13. The van der Waals surface area contributed by atoms with Crippen molar-refractivity contribution in [3.05, 3.63) is 0 Å². The van der Waals surface area contributed by atoms with Crippen molar-refractivity contribution >= 4 is 11.8 Å². The lowest BCUT2D eigenvalue weighted by molar-refractivity contribution is -0.149. The smallest absolute Gasteiger partial charge is 0.230 e. The number of carbonyl (C=O) groups excluding carboxylic acids is 2. The van der Waals surface area contributed by atoms with Crippen LogP contribution in [-0.2, 0) is 9.59 Å². The topological polar surface area (TPSA) is 52.7 Å². The molecule has 0 unspecified atom stereocenters. The quantitative estimate of drug-likeness (QED) is 0.821. The van der Waals surface area contributed by atoms with Gasteiger partial charge >= 0.3 is 0 Å². The van der Waals surface area contributed by atoms with Gasteiger partial charge in [0, 0.05) is 38.6 Å². The van der Waals surface area contributed by atoms with E-state index in [0.717, 1.165) is 77.3 Å². The molecule has 2 atom stereocenters. The molecule has 2 amide bonds. The van der Waals surface area contributed by atoms with Crippen molar-refractivity contribution in [3.8, 4) is 0 Å². The Kier molecular flexibility index (Phi) is 5.27. The van der Waals surface area contributed by atoms with Gasteiger partial charge in [0.2, 0.25) is 11.8 Å². The molecule has 4 aliphatic rings. The zero-order valence-electron chi connectivity index (χ0n) is 16.3. The van der Waals surface area contributed by atoms with Crippen LogP contribution >= 0.6 is 0 Å². The van der Waals surface area contributed by atoms with Gasteiger partial charge in [-0.2, -0.15) is 0 Å². The summed E-state index contributed by atoms with van der Waals surface area (Å²) in [6.07, 6.45) is 8.68. The van der Waals surface area contributed by atoms with E-state index in [-0.39, 0.29) is 11.3 Å². The Morgan fingerprint density at radius 2 is 1.62 bits per heavy atom. The van der Waals surface area contributed by atoms with Gasteiger partial charge in [0.05, 0.1) is 5.41 Å². The minimum atomic E-state index is -0.141. The second-order valence-corrected chi connectivity index (χ2v) is 9.30. The van der Waals surface area contributed by atoms with E-state index in [9.17, 15) is 9.59 Å². The van der Waals surface area contributed by atoms with Crippen LogP contribution in [0.25, 0.3) is 0 Å². The van der Waals surface area contributed by atoms with Crippen LogP contribution in [0.3, 0.4) is 0 Å². The highest BCUT2D eigenvalue weighted by molar-refractivity contribution is 5.85. The number of rotatable bonds is 2.